The normalized spacial score (nSPS) is 11.3. The molecule has 0 aliphatic carbocycles. The third-order valence-corrected chi connectivity index (χ3v) is 8.64. The summed E-state index contributed by atoms with van der Waals surface area (Å²) >= 11 is 0. The number of hydrogen-bond acceptors (Lipinski definition) is 10. The molecule has 0 saturated heterocycles. The van der Waals surface area contributed by atoms with E-state index in [0.717, 1.165) is 23.2 Å². The minimum absolute atomic E-state index is 0.0692. The summed E-state index contributed by atoms with van der Waals surface area (Å²) in [5.74, 6) is -1.57. The molecule has 0 unspecified atom stereocenters. The van der Waals surface area contributed by atoms with Crippen LogP contribution in [0, 0.1) is 0 Å². The lowest BCUT2D eigenvalue weighted by Crippen LogP contribution is -2.23. The third kappa shape index (κ3) is 14.8. The minimum atomic E-state index is -1.27. The lowest BCUT2D eigenvalue weighted by molar-refractivity contribution is -0.203. The molecule has 0 N–H and O–H groups in total. The molecule has 0 heterocycles. The van der Waals surface area contributed by atoms with Crippen molar-refractivity contribution in [3.8, 4) is 0 Å². The van der Waals surface area contributed by atoms with Gasteiger partial charge >= 0.3 is 24.2 Å². The fourth-order valence-corrected chi connectivity index (χ4v) is 6.82. The van der Waals surface area contributed by atoms with E-state index < -0.39 is 40.4 Å². The van der Waals surface area contributed by atoms with E-state index >= 15 is 0 Å². The molecule has 0 aromatic heterocycles. The molecule has 0 aliphatic rings. The van der Waals surface area contributed by atoms with E-state index in [4.69, 9.17) is 9.47 Å². The van der Waals surface area contributed by atoms with Gasteiger partial charge in [-0.25, -0.2) is 29.1 Å². The Bertz CT molecular complexity index is 1070. The summed E-state index contributed by atoms with van der Waals surface area (Å²) in [5, 5.41) is 0. The molecule has 2 rings (SSSR count). The number of rotatable bonds is 13. The van der Waals surface area contributed by atoms with Crippen LogP contribution < -0.4 is 0 Å². The molecular weight excluding hydrogens is 576 g/mol. The van der Waals surface area contributed by atoms with E-state index in [1.807, 2.05) is 24.3 Å². The summed E-state index contributed by atoms with van der Waals surface area (Å²) in [4.78, 5) is 65.3. The fourth-order valence-electron chi connectivity index (χ4n) is 3.90. The number of carbonyl (C=O) groups excluding carboxylic acids is 4. The number of ether oxygens (including phenoxy) is 2. The van der Waals surface area contributed by atoms with Crippen LogP contribution in [0.3, 0.4) is 0 Å². The van der Waals surface area contributed by atoms with Crippen molar-refractivity contribution >= 4 is 40.4 Å². The van der Waals surface area contributed by atoms with Crippen LogP contribution in [0.2, 0.25) is 39.3 Å². The second-order valence-corrected chi connectivity index (χ2v) is 23.3. The second kappa shape index (κ2) is 16.7. The number of benzene rings is 2. The Balaban J connectivity index is 1.49. The Labute approximate surface area is 249 Å². The van der Waals surface area contributed by atoms with E-state index in [2.05, 4.69) is 58.8 Å². The lowest BCUT2D eigenvalue weighted by Gasteiger charge is -2.15. The van der Waals surface area contributed by atoms with Gasteiger partial charge in [-0.3, -0.25) is 0 Å². The van der Waals surface area contributed by atoms with Crippen molar-refractivity contribution in [1.29, 1.82) is 0 Å². The van der Waals surface area contributed by atoms with Crippen molar-refractivity contribution in [3.63, 3.8) is 0 Å². The van der Waals surface area contributed by atoms with Crippen LogP contribution in [0.4, 0.5) is 9.59 Å². The summed E-state index contributed by atoms with van der Waals surface area (Å²) in [5.41, 5.74) is 2.84. The number of hydrogen-bond donors (Lipinski definition) is 0. The van der Waals surface area contributed by atoms with Gasteiger partial charge in [0.25, 0.3) is 0 Å². The van der Waals surface area contributed by atoms with Crippen LogP contribution in [0.5, 0.6) is 0 Å². The highest BCUT2D eigenvalue weighted by Crippen LogP contribution is 2.15. The number of unbranched alkanes of at least 4 members (excludes halogenated alkanes) is 3. The van der Waals surface area contributed by atoms with E-state index in [1.165, 1.54) is 0 Å². The van der Waals surface area contributed by atoms with Gasteiger partial charge in [-0.2, -0.15) is 9.59 Å². The molecule has 10 nitrogen and oxygen atoms in total. The van der Waals surface area contributed by atoms with Gasteiger partial charge in [0, 0.05) is 16.1 Å². The van der Waals surface area contributed by atoms with Gasteiger partial charge in [-0.1, -0.05) is 74.7 Å². The van der Waals surface area contributed by atoms with Crippen LogP contribution in [0.1, 0.15) is 57.5 Å². The molecule has 0 amide bonds. The van der Waals surface area contributed by atoms with Gasteiger partial charge in [0.1, 0.15) is 0 Å². The first-order valence-corrected chi connectivity index (χ1v) is 21.4. The average molecular weight is 619 g/mol. The molecule has 0 atom stereocenters. The lowest BCUT2D eigenvalue weighted by atomic mass is 10.1. The molecule has 0 spiro atoms. The Morgan fingerprint density at radius 1 is 0.500 bits per heavy atom. The first-order valence-electron chi connectivity index (χ1n) is 14.0. The van der Waals surface area contributed by atoms with Crippen LogP contribution >= 0.6 is 0 Å². The van der Waals surface area contributed by atoms with Gasteiger partial charge < -0.3 is 9.47 Å². The van der Waals surface area contributed by atoms with Crippen molar-refractivity contribution < 1.29 is 48.2 Å². The quantitative estimate of drug-likeness (QED) is 0.0746. The van der Waals surface area contributed by atoms with Gasteiger partial charge in [-0.05, 0) is 62.0 Å². The highest BCUT2D eigenvalue weighted by Gasteiger charge is 2.18. The highest BCUT2D eigenvalue weighted by molar-refractivity contribution is 6.75. The topological polar surface area (TPSA) is 124 Å². The van der Waals surface area contributed by atoms with E-state index in [0.29, 0.717) is 25.7 Å². The molecule has 42 heavy (non-hydrogen) atoms. The van der Waals surface area contributed by atoms with Crippen LogP contribution in [-0.4, -0.2) is 53.6 Å². The molecule has 2 aromatic rings. The molecule has 230 valence electrons. The average Bonchev–Trinajstić information content (AvgIpc) is 2.91. The van der Waals surface area contributed by atoms with Gasteiger partial charge in [0.2, 0.25) is 0 Å². The predicted octanol–water partition coefficient (Wildman–Crippen LogP) is 7.24. The van der Waals surface area contributed by atoms with Gasteiger partial charge in [0.15, 0.2) is 0 Å². The van der Waals surface area contributed by atoms with E-state index in [-0.39, 0.29) is 24.3 Å². The second-order valence-electron chi connectivity index (χ2n) is 12.4. The summed E-state index contributed by atoms with van der Waals surface area (Å²) < 4.78 is 9.76. The first-order chi connectivity index (χ1) is 19.7. The molecule has 0 saturated carbocycles. The maximum atomic E-state index is 12.0. The molecule has 0 fully saturated rings. The van der Waals surface area contributed by atoms with Crippen LogP contribution in [0.15, 0.2) is 48.5 Å². The smallest absolute Gasteiger partial charge is 0.432 e. The Kier molecular flexibility index (Phi) is 13.7. The van der Waals surface area contributed by atoms with Crippen molar-refractivity contribution in [2.24, 2.45) is 0 Å². The Morgan fingerprint density at radius 2 is 0.833 bits per heavy atom. The Morgan fingerprint density at radius 3 is 1.14 bits per heavy atom. The maximum Gasteiger partial charge on any atom is 0.549 e. The summed E-state index contributed by atoms with van der Waals surface area (Å²) in [6.45, 7) is 13.7. The standard InChI is InChI=1S/C30H42O10Si2/c1-41(2,3)21-23-11-15-25(16-12-23)27(31)37-39-29(33)35-19-9-7-8-10-20-36-30(34)40-38-28(32)26-17-13-24(14-18-26)22-42(4,5)6/h11-18H,7-10,19-22H2,1-6H3. The van der Waals surface area contributed by atoms with Crippen molar-refractivity contribution in [1.82, 2.24) is 0 Å². The number of carbonyl (C=O) groups is 4. The maximum absolute atomic E-state index is 12.0. The molecular formula is C30H42O10Si2. The predicted molar refractivity (Wildman–Crippen MR) is 161 cm³/mol. The van der Waals surface area contributed by atoms with Crippen LogP contribution in [0.25, 0.3) is 0 Å². The van der Waals surface area contributed by atoms with E-state index in [1.54, 1.807) is 24.3 Å². The summed E-state index contributed by atoms with van der Waals surface area (Å²) in [6.07, 6.45) is 0.195. The highest BCUT2D eigenvalue weighted by atomic mass is 28.3. The van der Waals surface area contributed by atoms with E-state index in [9.17, 15) is 19.2 Å². The zero-order valence-electron chi connectivity index (χ0n) is 25.4. The summed E-state index contributed by atoms with van der Waals surface area (Å²) in [7, 11) is -2.53. The van der Waals surface area contributed by atoms with Gasteiger partial charge in [0.05, 0.1) is 24.3 Å². The zero-order valence-corrected chi connectivity index (χ0v) is 27.4. The minimum Gasteiger partial charge on any atom is -0.432 e. The van der Waals surface area contributed by atoms with Crippen LogP contribution in [-0.2, 0) is 41.1 Å². The molecule has 0 aliphatic heterocycles. The Hall–Kier alpha value is -3.65. The first kappa shape index (κ1) is 34.6. The van der Waals surface area contributed by atoms with Gasteiger partial charge in [-0.15, -0.1) is 0 Å². The SMILES string of the molecule is C[Si](C)(C)Cc1ccc(C(=O)OOC(=O)OCCCCCCOC(=O)OOC(=O)c2ccc(C[Si](C)(C)C)cc2)cc1. The monoisotopic (exact) mass is 618 g/mol. The molecule has 12 heteroatoms. The summed E-state index contributed by atoms with van der Waals surface area (Å²) in [6, 6.07) is 16.0. The molecule has 2 aromatic carbocycles. The zero-order chi connectivity index (χ0) is 31.2. The largest absolute Gasteiger partial charge is 0.549 e. The van der Waals surface area contributed by atoms with Crippen molar-refractivity contribution in [2.45, 2.75) is 77.1 Å². The third-order valence-electron chi connectivity index (χ3n) is 5.70. The van der Waals surface area contributed by atoms with Crippen molar-refractivity contribution in [3.05, 3.63) is 70.8 Å². The molecule has 0 radical (unpaired) electrons. The fraction of sp³-hybridized carbons (Fsp3) is 0.467. The van der Waals surface area contributed by atoms with Crippen molar-refractivity contribution in [2.75, 3.05) is 13.2 Å². The molecule has 0 bridgehead atoms.